The van der Waals surface area contributed by atoms with Crippen LogP contribution in [-0.2, 0) is 19.3 Å². The Morgan fingerprint density at radius 3 is 2.94 bits per heavy atom. The van der Waals surface area contributed by atoms with Gasteiger partial charge in [-0.05, 0) is 68.7 Å². The normalized spacial score (nSPS) is 16.2. The Labute approximate surface area is 113 Å². The number of hydrogen-bond acceptors (Lipinski definition) is 1. The standard InChI is InChI=1S/C16H19ClO/c1-10(17)6-7-13-9-12-4-3-5-14(12)15-8-11(2)18-16(13)15/h8-10H,3-7H2,1-2H3. The van der Waals surface area contributed by atoms with E-state index in [1.807, 2.05) is 6.92 Å². The molecular formula is C16H19ClO. The average Bonchev–Trinajstić information content (AvgIpc) is 2.89. The van der Waals surface area contributed by atoms with Crippen LogP contribution in [0.3, 0.4) is 0 Å². The summed E-state index contributed by atoms with van der Waals surface area (Å²) in [6.45, 7) is 4.09. The molecule has 1 nitrogen and oxygen atoms in total. The van der Waals surface area contributed by atoms with E-state index in [0.717, 1.165) is 24.2 Å². The lowest BCUT2D eigenvalue weighted by Crippen LogP contribution is -1.97. The minimum atomic E-state index is 0.226. The summed E-state index contributed by atoms with van der Waals surface area (Å²) in [7, 11) is 0. The van der Waals surface area contributed by atoms with Crippen LogP contribution in [0.2, 0.25) is 0 Å². The molecule has 0 bridgehead atoms. The zero-order chi connectivity index (χ0) is 12.7. The fourth-order valence-corrected chi connectivity index (χ4v) is 3.14. The average molecular weight is 263 g/mol. The number of benzene rings is 1. The zero-order valence-corrected chi connectivity index (χ0v) is 11.8. The summed E-state index contributed by atoms with van der Waals surface area (Å²) in [5.41, 5.74) is 5.49. The minimum Gasteiger partial charge on any atom is -0.461 e. The van der Waals surface area contributed by atoms with Crippen LogP contribution >= 0.6 is 11.6 Å². The van der Waals surface area contributed by atoms with E-state index >= 15 is 0 Å². The summed E-state index contributed by atoms with van der Waals surface area (Å²) in [6, 6.07) is 4.56. The van der Waals surface area contributed by atoms with Gasteiger partial charge in [0.25, 0.3) is 0 Å². The lowest BCUT2D eigenvalue weighted by molar-refractivity contribution is 0.573. The number of hydrogen-bond donors (Lipinski definition) is 0. The largest absolute Gasteiger partial charge is 0.461 e. The molecule has 0 fully saturated rings. The van der Waals surface area contributed by atoms with Gasteiger partial charge >= 0.3 is 0 Å². The molecule has 1 atom stereocenters. The molecular weight excluding hydrogens is 244 g/mol. The third-order valence-corrected chi connectivity index (χ3v) is 4.11. The first kappa shape index (κ1) is 12.1. The Bertz CT molecular complexity index is 580. The van der Waals surface area contributed by atoms with Gasteiger partial charge in [-0.1, -0.05) is 6.07 Å². The van der Waals surface area contributed by atoms with Crippen LogP contribution in [0.25, 0.3) is 11.0 Å². The number of furan rings is 1. The van der Waals surface area contributed by atoms with E-state index < -0.39 is 0 Å². The summed E-state index contributed by atoms with van der Waals surface area (Å²) >= 11 is 6.07. The van der Waals surface area contributed by atoms with Gasteiger partial charge < -0.3 is 4.42 Å². The second-order valence-electron chi connectivity index (χ2n) is 5.45. The molecule has 1 heterocycles. The molecule has 0 spiro atoms. The van der Waals surface area contributed by atoms with Gasteiger partial charge in [-0.2, -0.15) is 0 Å². The molecule has 1 aromatic carbocycles. The van der Waals surface area contributed by atoms with Gasteiger partial charge in [-0.25, -0.2) is 0 Å². The van der Waals surface area contributed by atoms with E-state index in [9.17, 15) is 0 Å². The van der Waals surface area contributed by atoms with Crippen molar-refractivity contribution in [1.82, 2.24) is 0 Å². The topological polar surface area (TPSA) is 13.1 Å². The molecule has 0 saturated carbocycles. The van der Waals surface area contributed by atoms with Crippen LogP contribution in [0.5, 0.6) is 0 Å². The monoisotopic (exact) mass is 262 g/mol. The SMILES string of the molecule is Cc1cc2c3c(cc(CCC(C)Cl)c2o1)CCC3. The van der Waals surface area contributed by atoms with Gasteiger partial charge in [0.05, 0.1) is 0 Å². The maximum atomic E-state index is 6.07. The Balaban J connectivity index is 2.10. The van der Waals surface area contributed by atoms with Crippen molar-refractivity contribution in [2.24, 2.45) is 0 Å². The molecule has 1 unspecified atom stereocenters. The quantitative estimate of drug-likeness (QED) is 0.725. The fraction of sp³-hybridized carbons (Fsp3) is 0.500. The number of fused-ring (bicyclic) bond motifs is 3. The van der Waals surface area contributed by atoms with Crippen LogP contribution in [0, 0.1) is 6.92 Å². The molecule has 0 amide bonds. The highest BCUT2D eigenvalue weighted by atomic mass is 35.5. The summed E-state index contributed by atoms with van der Waals surface area (Å²) < 4.78 is 5.91. The summed E-state index contributed by atoms with van der Waals surface area (Å²) in [6.07, 6.45) is 5.73. The Morgan fingerprint density at radius 2 is 2.17 bits per heavy atom. The van der Waals surface area contributed by atoms with Crippen LogP contribution in [-0.4, -0.2) is 5.38 Å². The highest BCUT2D eigenvalue weighted by molar-refractivity contribution is 6.20. The Hall–Kier alpha value is -0.950. The van der Waals surface area contributed by atoms with Crippen molar-refractivity contribution in [2.45, 2.75) is 51.3 Å². The van der Waals surface area contributed by atoms with E-state index in [0.29, 0.717) is 0 Å². The van der Waals surface area contributed by atoms with Crippen molar-refractivity contribution in [3.05, 3.63) is 34.6 Å². The maximum absolute atomic E-state index is 6.07. The molecule has 2 heteroatoms. The molecule has 1 aromatic heterocycles. The molecule has 0 aliphatic heterocycles. The van der Waals surface area contributed by atoms with E-state index in [4.69, 9.17) is 16.0 Å². The van der Waals surface area contributed by atoms with Crippen molar-refractivity contribution >= 4 is 22.6 Å². The lowest BCUT2D eigenvalue weighted by atomic mass is 9.98. The van der Waals surface area contributed by atoms with Crippen molar-refractivity contribution in [3.8, 4) is 0 Å². The van der Waals surface area contributed by atoms with Crippen molar-refractivity contribution in [1.29, 1.82) is 0 Å². The van der Waals surface area contributed by atoms with Crippen molar-refractivity contribution in [2.75, 3.05) is 0 Å². The van der Waals surface area contributed by atoms with Crippen molar-refractivity contribution < 1.29 is 4.42 Å². The molecule has 96 valence electrons. The van der Waals surface area contributed by atoms with Crippen LogP contribution in [0.1, 0.15) is 42.2 Å². The molecule has 1 aliphatic carbocycles. The molecule has 0 radical (unpaired) electrons. The first-order valence-electron chi connectivity index (χ1n) is 6.83. The second-order valence-corrected chi connectivity index (χ2v) is 6.19. The highest BCUT2D eigenvalue weighted by Gasteiger charge is 2.19. The van der Waals surface area contributed by atoms with Gasteiger partial charge in [-0.15, -0.1) is 11.6 Å². The second kappa shape index (κ2) is 4.62. The van der Waals surface area contributed by atoms with Gasteiger partial charge in [0.15, 0.2) is 0 Å². The van der Waals surface area contributed by atoms with Gasteiger partial charge in [0, 0.05) is 10.8 Å². The van der Waals surface area contributed by atoms with Gasteiger partial charge in [-0.3, -0.25) is 0 Å². The maximum Gasteiger partial charge on any atom is 0.137 e. The first-order chi connectivity index (χ1) is 8.65. The molecule has 1 aliphatic rings. The third-order valence-electron chi connectivity index (χ3n) is 3.89. The lowest BCUT2D eigenvalue weighted by Gasteiger charge is -2.08. The van der Waals surface area contributed by atoms with E-state index in [1.165, 1.54) is 41.3 Å². The highest BCUT2D eigenvalue weighted by Crippen LogP contribution is 2.35. The number of rotatable bonds is 3. The Morgan fingerprint density at radius 1 is 1.33 bits per heavy atom. The van der Waals surface area contributed by atoms with Gasteiger partial charge in [0.2, 0.25) is 0 Å². The summed E-state index contributed by atoms with van der Waals surface area (Å²) in [5.74, 6) is 1.02. The number of aryl methyl sites for hydroxylation is 4. The summed E-state index contributed by atoms with van der Waals surface area (Å²) in [5, 5.41) is 1.57. The van der Waals surface area contributed by atoms with Crippen LogP contribution in [0.4, 0.5) is 0 Å². The third kappa shape index (κ3) is 2.05. The molecule has 3 rings (SSSR count). The summed E-state index contributed by atoms with van der Waals surface area (Å²) in [4.78, 5) is 0. The van der Waals surface area contributed by atoms with E-state index in [2.05, 4.69) is 19.1 Å². The minimum absolute atomic E-state index is 0.226. The zero-order valence-electron chi connectivity index (χ0n) is 11.1. The molecule has 2 aromatic rings. The smallest absolute Gasteiger partial charge is 0.137 e. The number of alkyl halides is 1. The van der Waals surface area contributed by atoms with Crippen molar-refractivity contribution in [3.63, 3.8) is 0 Å². The van der Waals surface area contributed by atoms with Crippen LogP contribution < -0.4 is 0 Å². The van der Waals surface area contributed by atoms with E-state index in [-0.39, 0.29) is 5.38 Å². The predicted molar refractivity (Wildman–Crippen MR) is 76.6 cm³/mol. The van der Waals surface area contributed by atoms with Gasteiger partial charge in [0.1, 0.15) is 11.3 Å². The van der Waals surface area contributed by atoms with E-state index in [1.54, 1.807) is 0 Å². The Kier molecular flexibility index (Phi) is 3.11. The predicted octanol–water partition coefficient (Wildman–Crippen LogP) is 4.79. The molecule has 0 N–H and O–H groups in total. The fourth-order valence-electron chi connectivity index (χ4n) is 3.03. The van der Waals surface area contributed by atoms with Crippen LogP contribution in [0.15, 0.2) is 16.5 Å². The number of halogens is 1. The molecule has 18 heavy (non-hydrogen) atoms. The molecule has 0 saturated heterocycles. The first-order valence-corrected chi connectivity index (χ1v) is 7.26.